The van der Waals surface area contributed by atoms with E-state index in [0.29, 0.717) is 37.3 Å². The molecule has 0 spiro atoms. The molecule has 144 valence electrons. The summed E-state index contributed by atoms with van der Waals surface area (Å²) in [7, 11) is 0. The van der Waals surface area contributed by atoms with Crippen molar-refractivity contribution in [1.29, 1.82) is 0 Å². The van der Waals surface area contributed by atoms with Crippen LogP contribution in [0.1, 0.15) is 6.42 Å². The van der Waals surface area contributed by atoms with Gasteiger partial charge < -0.3 is 9.80 Å². The molecule has 1 aliphatic heterocycles. The van der Waals surface area contributed by atoms with Crippen molar-refractivity contribution in [1.82, 2.24) is 14.7 Å². The van der Waals surface area contributed by atoms with E-state index in [1.54, 1.807) is 29.3 Å². The fraction of sp³-hybridized carbons (Fsp3) is 0.286. The van der Waals surface area contributed by atoms with Gasteiger partial charge in [0.1, 0.15) is 5.82 Å². The average molecular weight is 380 g/mol. The monoisotopic (exact) mass is 380 g/mol. The van der Waals surface area contributed by atoms with Gasteiger partial charge in [-0.15, -0.1) is 0 Å². The van der Waals surface area contributed by atoms with E-state index in [1.165, 1.54) is 10.7 Å². The predicted molar refractivity (Wildman–Crippen MR) is 106 cm³/mol. The van der Waals surface area contributed by atoms with Crippen LogP contribution < -0.4 is 10.5 Å². The molecule has 1 aliphatic rings. The van der Waals surface area contributed by atoms with Gasteiger partial charge in [0.05, 0.1) is 23.8 Å². The van der Waals surface area contributed by atoms with Crippen LogP contribution in [0, 0.1) is 5.82 Å². The quantitative estimate of drug-likeness (QED) is 0.697. The fourth-order valence-corrected chi connectivity index (χ4v) is 3.55. The first-order chi connectivity index (χ1) is 13.6. The van der Waals surface area contributed by atoms with Crippen molar-refractivity contribution < 1.29 is 9.18 Å². The second-order valence-corrected chi connectivity index (χ2v) is 6.83. The van der Waals surface area contributed by atoms with E-state index in [1.807, 2.05) is 29.2 Å². The van der Waals surface area contributed by atoms with Crippen LogP contribution in [0.15, 0.2) is 59.5 Å². The van der Waals surface area contributed by atoms with Gasteiger partial charge in [-0.3, -0.25) is 9.59 Å². The Morgan fingerprint density at radius 2 is 1.71 bits per heavy atom. The molecule has 2 heterocycles. The van der Waals surface area contributed by atoms with Gasteiger partial charge in [-0.1, -0.05) is 30.3 Å². The summed E-state index contributed by atoms with van der Waals surface area (Å²) >= 11 is 0. The first kappa shape index (κ1) is 18.2. The Kier molecular flexibility index (Phi) is 5.06. The summed E-state index contributed by atoms with van der Waals surface area (Å²) in [6, 6.07) is 14.0. The molecule has 0 N–H and O–H groups in total. The second-order valence-electron chi connectivity index (χ2n) is 6.83. The molecular formula is C21H21FN4O2. The molecule has 7 heteroatoms. The van der Waals surface area contributed by atoms with Crippen LogP contribution in [-0.4, -0.2) is 46.8 Å². The lowest BCUT2D eigenvalue weighted by Crippen LogP contribution is -2.49. The highest BCUT2D eigenvalue weighted by Gasteiger charge is 2.22. The van der Waals surface area contributed by atoms with Crippen molar-refractivity contribution in [3.63, 3.8) is 0 Å². The van der Waals surface area contributed by atoms with E-state index in [0.717, 1.165) is 5.39 Å². The number of piperazine rings is 1. The van der Waals surface area contributed by atoms with Crippen LogP contribution in [0.5, 0.6) is 0 Å². The number of hydrogen-bond acceptors (Lipinski definition) is 4. The van der Waals surface area contributed by atoms with Gasteiger partial charge in [-0.2, -0.15) is 5.10 Å². The third kappa shape index (κ3) is 3.60. The van der Waals surface area contributed by atoms with Crippen LogP contribution in [0.4, 0.5) is 10.1 Å². The number of benzene rings is 2. The van der Waals surface area contributed by atoms with Crippen LogP contribution in [0.25, 0.3) is 10.8 Å². The number of fused-ring (bicyclic) bond motifs is 1. The van der Waals surface area contributed by atoms with Crippen LogP contribution in [0.2, 0.25) is 0 Å². The number of rotatable bonds is 4. The normalized spacial score (nSPS) is 14.5. The minimum Gasteiger partial charge on any atom is -0.366 e. The van der Waals surface area contributed by atoms with E-state index < -0.39 is 0 Å². The van der Waals surface area contributed by atoms with Crippen LogP contribution >= 0.6 is 0 Å². The lowest BCUT2D eigenvalue weighted by molar-refractivity contribution is -0.131. The Balaban J connectivity index is 1.36. The zero-order valence-corrected chi connectivity index (χ0v) is 15.4. The Morgan fingerprint density at radius 1 is 1.00 bits per heavy atom. The number of hydrogen-bond donors (Lipinski definition) is 0. The van der Waals surface area contributed by atoms with E-state index in [2.05, 4.69) is 5.10 Å². The van der Waals surface area contributed by atoms with Gasteiger partial charge in [-0.05, 0) is 18.2 Å². The molecular weight excluding hydrogens is 359 g/mol. The summed E-state index contributed by atoms with van der Waals surface area (Å²) in [6.07, 6.45) is 1.86. The molecule has 3 aromatic rings. The maximum atomic E-state index is 13.9. The number of aryl methyl sites for hydroxylation is 1. The number of carbonyl (C=O) groups excluding carboxylic acids is 1. The maximum absolute atomic E-state index is 13.9. The van der Waals surface area contributed by atoms with E-state index in [-0.39, 0.29) is 30.2 Å². The molecule has 2 aromatic carbocycles. The summed E-state index contributed by atoms with van der Waals surface area (Å²) in [5, 5.41) is 5.56. The van der Waals surface area contributed by atoms with Crippen molar-refractivity contribution in [3.8, 4) is 0 Å². The van der Waals surface area contributed by atoms with Crippen molar-refractivity contribution in [2.45, 2.75) is 13.0 Å². The summed E-state index contributed by atoms with van der Waals surface area (Å²) < 4.78 is 15.3. The molecule has 1 saturated heterocycles. The lowest BCUT2D eigenvalue weighted by Gasteiger charge is -2.36. The zero-order chi connectivity index (χ0) is 19.5. The summed E-state index contributed by atoms with van der Waals surface area (Å²) in [5.74, 6) is -0.265. The second kappa shape index (κ2) is 7.80. The average Bonchev–Trinajstić information content (AvgIpc) is 2.74. The highest BCUT2D eigenvalue weighted by Crippen LogP contribution is 2.20. The first-order valence-corrected chi connectivity index (χ1v) is 9.35. The summed E-state index contributed by atoms with van der Waals surface area (Å²) in [4.78, 5) is 28.7. The van der Waals surface area contributed by atoms with Crippen molar-refractivity contribution >= 4 is 22.4 Å². The van der Waals surface area contributed by atoms with Crippen LogP contribution in [-0.2, 0) is 11.3 Å². The Hall–Kier alpha value is -3.22. The molecule has 0 aliphatic carbocycles. The van der Waals surface area contributed by atoms with Gasteiger partial charge in [-0.25, -0.2) is 9.07 Å². The Labute approximate surface area is 161 Å². The molecule has 1 fully saturated rings. The fourth-order valence-electron chi connectivity index (χ4n) is 3.55. The van der Waals surface area contributed by atoms with Gasteiger partial charge in [0.15, 0.2) is 0 Å². The number of carbonyl (C=O) groups is 1. The van der Waals surface area contributed by atoms with Gasteiger partial charge in [0, 0.05) is 38.0 Å². The number of nitrogens with zero attached hydrogens (tertiary/aromatic N) is 4. The number of aromatic nitrogens is 2. The molecule has 28 heavy (non-hydrogen) atoms. The molecule has 0 atom stereocenters. The standard InChI is InChI=1S/C21H21FN4O2/c22-18-7-3-4-8-19(18)24-11-13-25(14-12-24)20(27)9-10-26-21(28)17-6-2-1-5-16(17)15-23-26/h1-8,15H,9-14H2. The number of amides is 1. The molecule has 6 nitrogen and oxygen atoms in total. The Bertz CT molecular complexity index is 1060. The SMILES string of the molecule is O=C(CCn1ncc2ccccc2c1=O)N1CCN(c2ccccc2F)CC1. The highest BCUT2D eigenvalue weighted by atomic mass is 19.1. The third-order valence-electron chi connectivity index (χ3n) is 5.12. The maximum Gasteiger partial charge on any atom is 0.274 e. The van der Waals surface area contributed by atoms with Crippen molar-refractivity contribution in [2.75, 3.05) is 31.1 Å². The van der Waals surface area contributed by atoms with Crippen molar-refractivity contribution in [2.24, 2.45) is 0 Å². The zero-order valence-electron chi connectivity index (χ0n) is 15.4. The number of para-hydroxylation sites is 1. The van der Waals surface area contributed by atoms with E-state index in [9.17, 15) is 14.0 Å². The lowest BCUT2D eigenvalue weighted by atomic mass is 10.2. The van der Waals surface area contributed by atoms with Gasteiger partial charge in [0.25, 0.3) is 5.56 Å². The molecule has 0 radical (unpaired) electrons. The molecule has 1 aromatic heterocycles. The summed E-state index contributed by atoms with van der Waals surface area (Å²) in [5.41, 5.74) is 0.386. The van der Waals surface area contributed by atoms with Gasteiger partial charge in [0.2, 0.25) is 5.91 Å². The predicted octanol–water partition coefficient (Wildman–Crippen LogP) is 2.27. The van der Waals surface area contributed by atoms with Gasteiger partial charge >= 0.3 is 0 Å². The topological polar surface area (TPSA) is 58.4 Å². The minimum atomic E-state index is -0.246. The van der Waals surface area contributed by atoms with Crippen LogP contribution in [0.3, 0.4) is 0 Å². The van der Waals surface area contributed by atoms with E-state index in [4.69, 9.17) is 0 Å². The smallest absolute Gasteiger partial charge is 0.274 e. The molecule has 0 saturated carbocycles. The van der Waals surface area contributed by atoms with Crippen molar-refractivity contribution in [3.05, 3.63) is 70.9 Å². The minimum absolute atomic E-state index is 0.0185. The molecule has 0 bridgehead atoms. The highest BCUT2D eigenvalue weighted by molar-refractivity contribution is 5.80. The molecule has 0 unspecified atom stereocenters. The first-order valence-electron chi connectivity index (χ1n) is 9.35. The number of halogens is 1. The molecule has 1 amide bonds. The third-order valence-corrected chi connectivity index (χ3v) is 5.12. The number of anilines is 1. The summed E-state index contributed by atoms with van der Waals surface area (Å²) in [6.45, 7) is 2.48. The van der Waals surface area contributed by atoms with E-state index >= 15 is 0 Å². The molecule has 4 rings (SSSR count). The Morgan fingerprint density at radius 3 is 2.50 bits per heavy atom. The largest absolute Gasteiger partial charge is 0.366 e.